The lowest BCUT2D eigenvalue weighted by Crippen LogP contribution is -2.40. The predicted molar refractivity (Wildman–Crippen MR) is 324 cm³/mol. The summed E-state index contributed by atoms with van der Waals surface area (Å²) in [6, 6.07) is 26.9. The third-order valence-corrected chi connectivity index (χ3v) is 17.5. The van der Waals surface area contributed by atoms with E-state index in [1.165, 1.54) is 9.80 Å². The van der Waals surface area contributed by atoms with Gasteiger partial charge in [0, 0.05) is 45.2 Å². The fourth-order valence-electron chi connectivity index (χ4n) is 12.2. The first kappa shape index (κ1) is 58.0. The largest absolute Gasteiger partial charge is 0.493 e. The first-order chi connectivity index (χ1) is 39.0. The fraction of sp³-hybridized carbons (Fsp3) is 0.486. The molecule has 0 saturated carbocycles. The number of amides is 4. The van der Waals surface area contributed by atoms with Crippen molar-refractivity contribution in [2.24, 2.45) is 23.7 Å². The highest BCUT2D eigenvalue weighted by molar-refractivity contribution is 6.41. The van der Waals surface area contributed by atoms with Crippen LogP contribution in [-0.4, -0.2) is 59.9 Å². The molecule has 4 amide bonds. The highest BCUT2D eigenvalue weighted by Gasteiger charge is 2.37. The van der Waals surface area contributed by atoms with Crippen molar-refractivity contribution in [3.8, 4) is 23.0 Å². The molecule has 10 nitrogen and oxygen atoms in total. The lowest BCUT2D eigenvalue weighted by molar-refractivity contribution is 0.0583. The summed E-state index contributed by atoms with van der Waals surface area (Å²) in [7, 11) is 0. The van der Waals surface area contributed by atoms with E-state index in [-0.39, 0.29) is 36.7 Å². The molecule has 0 radical (unpaired) electrons. The van der Waals surface area contributed by atoms with E-state index in [4.69, 9.17) is 18.9 Å². The van der Waals surface area contributed by atoms with Crippen molar-refractivity contribution in [3.63, 3.8) is 0 Å². The third kappa shape index (κ3) is 12.3. The second kappa shape index (κ2) is 26.7. The average molecular weight is 1080 g/mol. The molecule has 424 valence electrons. The van der Waals surface area contributed by atoms with E-state index in [2.05, 4.69) is 55.4 Å². The van der Waals surface area contributed by atoms with Gasteiger partial charge >= 0.3 is 0 Å². The van der Waals surface area contributed by atoms with Crippen LogP contribution in [-0.2, 0) is 13.1 Å². The van der Waals surface area contributed by atoms with Gasteiger partial charge in [0.15, 0.2) is 0 Å². The van der Waals surface area contributed by atoms with Crippen molar-refractivity contribution >= 4 is 66.7 Å². The Morgan fingerprint density at radius 1 is 0.338 bits per heavy atom. The van der Waals surface area contributed by atoms with Crippen LogP contribution >= 0.6 is 0 Å². The number of carbonyl (C=O) groups is 4. The van der Waals surface area contributed by atoms with E-state index in [1.807, 2.05) is 84.9 Å². The summed E-state index contributed by atoms with van der Waals surface area (Å²) in [6.07, 6.45) is 17.6. The molecule has 7 aromatic rings. The number of fused-ring (bicyclic) bond motifs is 2. The zero-order valence-corrected chi connectivity index (χ0v) is 49.1. The molecule has 9 rings (SSSR count). The standard InChI is InChI=1S/C70H86N2O8/c1-9-17-21-45(13-5)41-77-51-33-49(34-52(37-51)78-42-46(14-6)22-18-10-2)39-71-67(73)59-29-25-55-57-27-31-61-66-62(32-28-58(64(57)66)56-26-30-60(68(71)74)65(59)63(55)56)70(76)72(69(61)75)40-50-35-53(79-43-47(15-7)23-19-11-3)38-54(36-50)80-44-48(16-8)24-20-12-4/h25-38,45-48H,9-24,39-44H2,1-8H3. The molecule has 2 aliphatic heterocycles. The molecule has 2 aliphatic rings. The first-order valence-corrected chi connectivity index (χ1v) is 30.7. The lowest BCUT2D eigenvalue weighted by Gasteiger charge is -2.30. The van der Waals surface area contributed by atoms with Gasteiger partial charge in [0.25, 0.3) is 23.6 Å². The topological polar surface area (TPSA) is 112 Å². The molecular weight excluding hydrogens is 997 g/mol. The molecule has 80 heavy (non-hydrogen) atoms. The van der Waals surface area contributed by atoms with Gasteiger partial charge in [-0.3, -0.25) is 29.0 Å². The SMILES string of the molecule is CCCCC(CC)COc1cc(CN2C(=O)c3ccc4c5ccc6c7c(ccc(c8ccc(c3c48)C2=O)c75)C(=O)N(Cc2cc(OCC(CC)CCCC)cc(OCC(CC)CCCC)c2)C6=O)cc(OCC(CC)CCCC)c1. The van der Waals surface area contributed by atoms with Gasteiger partial charge in [-0.2, -0.15) is 0 Å². The summed E-state index contributed by atoms with van der Waals surface area (Å²) in [4.78, 5) is 62.0. The van der Waals surface area contributed by atoms with E-state index in [1.54, 1.807) is 0 Å². The Balaban J connectivity index is 1.02. The molecule has 10 heteroatoms. The van der Waals surface area contributed by atoms with Crippen molar-refractivity contribution in [1.82, 2.24) is 9.80 Å². The molecular formula is C70H86N2O8. The maximum Gasteiger partial charge on any atom is 0.261 e. The van der Waals surface area contributed by atoms with E-state index in [0.717, 1.165) is 146 Å². The number of rotatable bonds is 32. The zero-order chi connectivity index (χ0) is 56.5. The molecule has 0 bridgehead atoms. The molecule has 2 heterocycles. The lowest BCUT2D eigenvalue weighted by atomic mass is 9.82. The van der Waals surface area contributed by atoms with Gasteiger partial charge in [0.05, 0.1) is 39.5 Å². The normalized spacial score (nSPS) is 14.9. The summed E-state index contributed by atoms with van der Waals surface area (Å²) in [6.45, 7) is 20.1. The van der Waals surface area contributed by atoms with E-state index < -0.39 is 0 Å². The molecule has 0 aromatic heterocycles. The summed E-state index contributed by atoms with van der Waals surface area (Å²) in [5, 5.41) is 6.24. The molecule has 4 atom stereocenters. The summed E-state index contributed by atoms with van der Waals surface area (Å²) >= 11 is 0. The fourth-order valence-corrected chi connectivity index (χ4v) is 12.2. The Bertz CT molecular complexity index is 2910. The zero-order valence-electron chi connectivity index (χ0n) is 49.1. The second-order valence-corrected chi connectivity index (χ2v) is 23.1. The van der Waals surface area contributed by atoms with E-state index >= 15 is 0 Å². The Morgan fingerprint density at radius 2 is 0.588 bits per heavy atom. The van der Waals surface area contributed by atoms with Crippen LogP contribution in [0.15, 0.2) is 84.9 Å². The van der Waals surface area contributed by atoms with Gasteiger partial charge in [-0.1, -0.05) is 157 Å². The highest BCUT2D eigenvalue weighted by atomic mass is 16.5. The minimum absolute atomic E-state index is 0.0493. The van der Waals surface area contributed by atoms with Crippen molar-refractivity contribution in [2.45, 2.75) is 171 Å². The smallest absolute Gasteiger partial charge is 0.261 e. The number of carbonyl (C=O) groups excluding carboxylic acids is 4. The maximum absolute atomic E-state index is 14.8. The molecule has 0 spiro atoms. The number of benzene rings is 7. The summed E-state index contributed by atoms with van der Waals surface area (Å²) < 4.78 is 25.9. The van der Waals surface area contributed by atoms with Crippen LogP contribution < -0.4 is 18.9 Å². The minimum atomic E-state index is -0.367. The Labute approximate surface area is 475 Å². The van der Waals surface area contributed by atoms with Gasteiger partial charge in [-0.05, 0) is 141 Å². The van der Waals surface area contributed by atoms with Crippen molar-refractivity contribution in [2.75, 3.05) is 26.4 Å². The van der Waals surface area contributed by atoms with Crippen LogP contribution in [0.5, 0.6) is 23.0 Å². The third-order valence-electron chi connectivity index (χ3n) is 17.5. The Kier molecular flexibility index (Phi) is 19.4. The van der Waals surface area contributed by atoms with Crippen molar-refractivity contribution in [3.05, 3.63) is 118 Å². The predicted octanol–water partition coefficient (Wildman–Crippen LogP) is 17.7. The monoisotopic (exact) mass is 1080 g/mol. The minimum Gasteiger partial charge on any atom is -0.493 e. The van der Waals surface area contributed by atoms with E-state index in [9.17, 15) is 19.2 Å². The number of hydrogen-bond donors (Lipinski definition) is 0. The van der Waals surface area contributed by atoms with Crippen LogP contribution in [0.4, 0.5) is 0 Å². The first-order valence-electron chi connectivity index (χ1n) is 30.7. The number of unbranched alkanes of at least 4 members (excludes halogenated alkanes) is 4. The van der Waals surface area contributed by atoms with Gasteiger partial charge < -0.3 is 18.9 Å². The average Bonchev–Trinajstić information content (AvgIpc) is 3.53. The molecule has 7 aromatic carbocycles. The molecule has 4 unspecified atom stereocenters. The summed E-state index contributed by atoms with van der Waals surface area (Å²) in [5.41, 5.74) is 3.32. The maximum atomic E-state index is 14.8. The van der Waals surface area contributed by atoms with Crippen LogP contribution in [0.2, 0.25) is 0 Å². The van der Waals surface area contributed by atoms with Crippen LogP contribution in [0.3, 0.4) is 0 Å². The Morgan fingerprint density at radius 3 is 0.812 bits per heavy atom. The number of hydrogen-bond acceptors (Lipinski definition) is 8. The quantitative estimate of drug-likeness (QED) is 0.0233. The van der Waals surface area contributed by atoms with Gasteiger partial charge in [0.1, 0.15) is 23.0 Å². The number of ether oxygens (including phenoxy) is 4. The number of nitrogens with zero attached hydrogens (tertiary/aromatic N) is 2. The van der Waals surface area contributed by atoms with Crippen molar-refractivity contribution in [1.29, 1.82) is 0 Å². The van der Waals surface area contributed by atoms with Gasteiger partial charge in [-0.25, -0.2) is 0 Å². The van der Waals surface area contributed by atoms with Crippen LogP contribution in [0, 0.1) is 23.7 Å². The van der Waals surface area contributed by atoms with Gasteiger partial charge in [0.2, 0.25) is 0 Å². The molecule has 0 saturated heterocycles. The summed E-state index contributed by atoms with van der Waals surface area (Å²) in [5.74, 6) is 2.92. The van der Waals surface area contributed by atoms with Crippen LogP contribution in [0.25, 0.3) is 43.1 Å². The second-order valence-electron chi connectivity index (χ2n) is 23.1. The highest BCUT2D eigenvalue weighted by Crippen LogP contribution is 2.47. The van der Waals surface area contributed by atoms with E-state index in [0.29, 0.717) is 106 Å². The molecule has 0 N–H and O–H groups in total. The van der Waals surface area contributed by atoms with Gasteiger partial charge in [-0.15, -0.1) is 0 Å². The molecule has 0 fully saturated rings. The Hall–Kier alpha value is -6.68. The number of imide groups is 2. The van der Waals surface area contributed by atoms with Crippen molar-refractivity contribution < 1.29 is 38.1 Å². The van der Waals surface area contributed by atoms with Crippen LogP contribution in [0.1, 0.15) is 211 Å². The molecule has 0 aliphatic carbocycles.